The summed E-state index contributed by atoms with van der Waals surface area (Å²) in [6.07, 6.45) is 0.0845. The lowest BCUT2D eigenvalue weighted by molar-refractivity contribution is -0.367. The van der Waals surface area contributed by atoms with E-state index in [1.807, 2.05) is 60.7 Å². The number of quaternary nitrogens is 1. The van der Waals surface area contributed by atoms with Gasteiger partial charge in [0.05, 0.1) is 19.0 Å². The quantitative estimate of drug-likeness (QED) is 0.172. The van der Waals surface area contributed by atoms with Crippen LogP contribution >= 0.6 is 0 Å². The standard InChI is InChI=1S/C17H24N2O4.C11H16N2O2.C5H9NO3.ClH/c1-13(11-16(18)21)15(20)9-6-10-19(2)17(22)23-12-14-7-4-3-5-8-14;1-13(8-7-12)11(14)15-9-10-5-3-2-4-6-10;1-3(5(8)9)2-4(6)7;/h3-5,7-8,13H,6,9-12H2,1-2H3,(H2,18,21);2-6H,7-9,12H2,1H3;3H,2H2,1H3,(H2,6,7)(H,8,9);1H/t;;3-;/m..1./s1. The van der Waals surface area contributed by atoms with Gasteiger partial charge in [-0.05, 0) is 17.5 Å². The van der Waals surface area contributed by atoms with Crippen LogP contribution < -0.4 is 29.6 Å². The molecule has 2 aromatic rings. The van der Waals surface area contributed by atoms with Gasteiger partial charge in [0.2, 0.25) is 11.8 Å². The number of hydrogen-bond donors (Lipinski definition) is 4. The van der Waals surface area contributed by atoms with Gasteiger partial charge in [0, 0.05) is 45.8 Å². The second-order valence-corrected chi connectivity index (χ2v) is 10.8. The fourth-order valence-corrected chi connectivity index (χ4v) is 3.62. The lowest BCUT2D eigenvalue weighted by Crippen LogP contribution is -3.00. The molecule has 0 aliphatic carbocycles. The first-order valence-electron chi connectivity index (χ1n) is 15.1. The van der Waals surface area contributed by atoms with Gasteiger partial charge in [-0.3, -0.25) is 19.2 Å². The number of ether oxygens (including phenoxy) is 2. The summed E-state index contributed by atoms with van der Waals surface area (Å²) in [5, 5.41) is 8.22. The largest absolute Gasteiger partial charge is 1.00 e. The van der Waals surface area contributed by atoms with Crippen molar-refractivity contribution in [3.05, 3.63) is 71.8 Å². The third kappa shape index (κ3) is 22.8. The first-order chi connectivity index (χ1) is 22.2. The second kappa shape index (κ2) is 26.4. The van der Waals surface area contributed by atoms with E-state index in [1.54, 1.807) is 21.0 Å². The van der Waals surface area contributed by atoms with Crippen molar-refractivity contribution in [3.8, 4) is 0 Å². The number of amides is 4. The van der Waals surface area contributed by atoms with Gasteiger partial charge >= 0.3 is 18.2 Å². The molecule has 0 saturated heterocycles. The molecule has 0 bridgehead atoms. The number of carbonyl (C=O) groups is 6. The van der Waals surface area contributed by atoms with Crippen LogP contribution in [0, 0.1) is 11.8 Å². The number of benzene rings is 2. The Hall–Kier alpha value is -4.69. The van der Waals surface area contributed by atoms with E-state index >= 15 is 0 Å². The van der Waals surface area contributed by atoms with Crippen molar-refractivity contribution < 1.29 is 61.5 Å². The first-order valence-corrected chi connectivity index (χ1v) is 15.1. The van der Waals surface area contributed by atoms with Crippen LogP contribution in [0.4, 0.5) is 9.59 Å². The number of primary amides is 2. The van der Waals surface area contributed by atoms with E-state index in [9.17, 15) is 28.8 Å². The number of nitrogens with two attached hydrogens (primary N) is 2. The molecule has 0 aliphatic rings. The van der Waals surface area contributed by atoms with Gasteiger partial charge in [0.15, 0.2) is 0 Å². The third-order valence-corrected chi connectivity index (χ3v) is 6.43. The zero-order valence-corrected chi connectivity index (χ0v) is 28.9. The number of carboxylic acid groups (broad SMARTS) is 1. The number of likely N-dealkylation sites (N-methyl/N-ethyl adjacent to an activating group) is 1. The molecule has 268 valence electrons. The van der Waals surface area contributed by atoms with E-state index in [1.165, 1.54) is 16.7 Å². The summed E-state index contributed by atoms with van der Waals surface area (Å²) in [5.74, 6) is -3.11. The van der Waals surface area contributed by atoms with E-state index in [2.05, 4.69) is 5.73 Å². The molecule has 0 radical (unpaired) electrons. The number of hydrogen-bond acceptors (Lipinski definition) is 8. The number of carboxylic acids is 1. The van der Waals surface area contributed by atoms with Crippen molar-refractivity contribution >= 4 is 35.8 Å². The summed E-state index contributed by atoms with van der Waals surface area (Å²) < 4.78 is 10.3. The maximum absolute atomic E-state index is 11.8. The summed E-state index contributed by atoms with van der Waals surface area (Å²) in [4.78, 5) is 68.8. The number of halogens is 1. The van der Waals surface area contributed by atoms with Gasteiger partial charge in [-0.2, -0.15) is 0 Å². The number of carbonyl (C=O) groups excluding carboxylic acids is 5. The number of aliphatic carboxylic acids is 1. The Morgan fingerprint density at radius 1 is 0.729 bits per heavy atom. The average Bonchev–Trinajstić information content (AvgIpc) is 3.03. The highest BCUT2D eigenvalue weighted by molar-refractivity contribution is 5.86. The summed E-state index contributed by atoms with van der Waals surface area (Å²) in [7, 11) is 3.34. The zero-order chi connectivity index (χ0) is 35.8. The van der Waals surface area contributed by atoms with Gasteiger partial charge in [0.25, 0.3) is 0 Å². The molecule has 2 rings (SSSR count). The maximum Gasteiger partial charge on any atom is 0.410 e. The Bertz CT molecular complexity index is 1250. The van der Waals surface area contributed by atoms with E-state index < -0.39 is 29.8 Å². The molecule has 0 heterocycles. The molecule has 0 fully saturated rings. The smallest absolute Gasteiger partial charge is 0.410 e. The van der Waals surface area contributed by atoms with Crippen LogP contribution in [0.5, 0.6) is 0 Å². The van der Waals surface area contributed by atoms with Crippen molar-refractivity contribution in [2.45, 2.75) is 52.7 Å². The number of nitrogens with zero attached hydrogens (tertiary/aromatic N) is 2. The second-order valence-electron chi connectivity index (χ2n) is 10.8. The minimum atomic E-state index is -0.992. The van der Waals surface area contributed by atoms with Crippen molar-refractivity contribution in [1.29, 1.82) is 0 Å². The molecule has 1 unspecified atom stereocenters. The monoisotopic (exact) mass is 695 g/mol. The Balaban J connectivity index is 0. The summed E-state index contributed by atoms with van der Waals surface area (Å²) >= 11 is 0. The van der Waals surface area contributed by atoms with Gasteiger partial charge < -0.3 is 54.0 Å². The Morgan fingerprint density at radius 2 is 1.12 bits per heavy atom. The molecule has 0 spiro atoms. The van der Waals surface area contributed by atoms with Gasteiger partial charge in [0.1, 0.15) is 19.0 Å². The first kappa shape index (κ1) is 45.4. The lowest BCUT2D eigenvalue weighted by atomic mass is 9.98. The van der Waals surface area contributed by atoms with E-state index in [0.29, 0.717) is 39.1 Å². The van der Waals surface area contributed by atoms with E-state index in [4.69, 9.17) is 26.0 Å². The Morgan fingerprint density at radius 3 is 1.48 bits per heavy atom. The molecule has 8 N–H and O–H groups in total. The van der Waals surface area contributed by atoms with Crippen molar-refractivity contribution in [2.75, 3.05) is 33.7 Å². The SMILES string of the molecule is CC(CC(N)=O)C(=O)CCCN(C)C(=O)OCc1ccccc1.CN(CC[NH3+])C(=O)OCc1ccccc1.C[C@H](CC(N)=O)C(=O)O.[Cl-]. The van der Waals surface area contributed by atoms with Crippen LogP contribution in [0.15, 0.2) is 60.7 Å². The van der Waals surface area contributed by atoms with Gasteiger partial charge in [-0.25, -0.2) is 9.59 Å². The molecule has 0 aromatic heterocycles. The predicted molar refractivity (Wildman–Crippen MR) is 174 cm³/mol. The number of Topliss-reactive ketones (excluding diaryl/α,β-unsaturated/α-hetero) is 1. The van der Waals surface area contributed by atoms with Crippen LogP contribution in [-0.4, -0.2) is 84.4 Å². The molecule has 48 heavy (non-hydrogen) atoms. The molecular formula is C33H50ClN5O9. The molecule has 14 nitrogen and oxygen atoms in total. The highest BCUT2D eigenvalue weighted by Crippen LogP contribution is 2.09. The number of rotatable bonds is 16. The van der Waals surface area contributed by atoms with Crippen molar-refractivity contribution in [3.63, 3.8) is 0 Å². The van der Waals surface area contributed by atoms with Gasteiger partial charge in [-0.15, -0.1) is 0 Å². The van der Waals surface area contributed by atoms with Crippen molar-refractivity contribution in [1.82, 2.24) is 9.80 Å². The van der Waals surface area contributed by atoms with E-state index in [-0.39, 0.29) is 49.6 Å². The van der Waals surface area contributed by atoms with Crippen LogP contribution in [0.2, 0.25) is 0 Å². The summed E-state index contributed by atoms with van der Waals surface area (Å²) in [6.45, 7) is 5.39. The fraction of sp³-hybridized carbons (Fsp3) is 0.455. The van der Waals surface area contributed by atoms with Crippen molar-refractivity contribution in [2.24, 2.45) is 23.3 Å². The molecule has 0 saturated carbocycles. The van der Waals surface area contributed by atoms with Crippen LogP contribution in [0.1, 0.15) is 50.7 Å². The molecule has 2 atom stereocenters. The zero-order valence-electron chi connectivity index (χ0n) is 28.1. The number of ketones is 1. The fourth-order valence-electron chi connectivity index (χ4n) is 3.62. The summed E-state index contributed by atoms with van der Waals surface area (Å²) in [5.41, 5.74) is 15.4. The van der Waals surface area contributed by atoms with Gasteiger partial charge in [-0.1, -0.05) is 74.5 Å². The third-order valence-electron chi connectivity index (χ3n) is 6.43. The Labute approximate surface area is 288 Å². The molecule has 15 heteroatoms. The highest BCUT2D eigenvalue weighted by Gasteiger charge is 2.17. The highest BCUT2D eigenvalue weighted by atomic mass is 35.5. The van der Waals surface area contributed by atoms with Crippen LogP contribution in [0.25, 0.3) is 0 Å². The molecule has 2 aromatic carbocycles. The lowest BCUT2D eigenvalue weighted by Gasteiger charge is -2.17. The predicted octanol–water partition coefficient (Wildman–Crippen LogP) is -0.801. The molecule has 0 aliphatic heterocycles. The normalized spacial score (nSPS) is 10.9. The minimum Gasteiger partial charge on any atom is -1.00 e. The topological polar surface area (TPSA) is 227 Å². The van der Waals surface area contributed by atoms with Crippen LogP contribution in [0.3, 0.4) is 0 Å². The molecule has 4 amide bonds. The molecular weight excluding hydrogens is 646 g/mol. The average molecular weight is 696 g/mol. The van der Waals surface area contributed by atoms with E-state index in [0.717, 1.165) is 11.1 Å². The Kier molecular flexibility index (Phi) is 25.0. The summed E-state index contributed by atoms with van der Waals surface area (Å²) in [6, 6.07) is 19.0. The maximum atomic E-state index is 11.8. The minimum absolute atomic E-state index is 0. The van der Waals surface area contributed by atoms with Crippen LogP contribution in [-0.2, 0) is 41.9 Å².